The van der Waals surface area contributed by atoms with Crippen molar-refractivity contribution in [1.82, 2.24) is 20.1 Å². The Morgan fingerprint density at radius 3 is 2.87 bits per heavy atom. The van der Waals surface area contributed by atoms with Crippen LogP contribution in [0.3, 0.4) is 0 Å². The van der Waals surface area contributed by atoms with Crippen LogP contribution in [0.2, 0.25) is 0 Å². The molecular formula is C17H20N4O2. The third-order valence-corrected chi connectivity index (χ3v) is 4.89. The highest BCUT2D eigenvalue weighted by atomic mass is 16.4. The van der Waals surface area contributed by atoms with E-state index in [1.165, 1.54) is 6.42 Å². The predicted molar refractivity (Wildman–Crippen MR) is 83.4 cm³/mol. The third kappa shape index (κ3) is 2.85. The summed E-state index contributed by atoms with van der Waals surface area (Å²) in [5.41, 5.74) is 0.824. The quantitative estimate of drug-likeness (QED) is 0.871. The standard InChI is InChI=1S/C17H20N4O2/c22-17(12-4-1-5-12)21-9-3-7-14(11-21)16-20-19-15(23-16)13-6-2-8-18-10-13/h2,6,8,10,12,14H,1,3-5,7,9,11H2/t14-/m0/s1. The molecule has 23 heavy (non-hydrogen) atoms. The van der Waals surface area contributed by atoms with Crippen LogP contribution in [-0.4, -0.2) is 39.1 Å². The molecule has 0 radical (unpaired) electrons. The molecule has 0 aromatic carbocycles. The number of likely N-dealkylation sites (tertiary alicyclic amines) is 1. The summed E-state index contributed by atoms with van der Waals surface area (Å²) in [6.45, 7) is 1.55. The number of carbonyl (C=O) groups is 1. The lowest BCUT2D eigenvalue weighted by Gasteiger charge is -2.36. The molecule has 6 nitrogen and oxygen atoms in total. The van der Waals surface area contributed by atoms with Crippen molar-refractivity contribution >= 4 is 5.91 Å². The van der Waals surface area contributed by atoms with Gasteiger partial charge in [-0.15, -0.1) is 10.2 Å². The van der Waals surface area contributed by atoms with Crippen LogP contribution in [0.1, 0.15) is 43.9 Å². The van der Waals surface area contributed by atoms with Crippen molar-refractivity contribution < 1.29 is 9.21 Å². The lowest BCUT2D eigenvalue weighted by atomic mass is 9.83. The highest BCUT2D eigenvalue weighted by molar-refractivity contribution is 5.79. The second-order valence-corrected chi connectivity index (χ2v) is 6.44. The van der Waals surface area contributed by atoms with Gasteiger partial charge in [0.1, 0.15) is 0 Å². The lowest BCUT2D eigenvalue weighted by Crippen LogP contribution is -2.44. The summed E-state index contributed by atoms with van der Waals surface area (Å²) < 4.78 is 5.84. The molecule has 0 bridgehead atoms. The molecule has 0 spiro atoms. The van der Waals surface area contributed by atoms with E-state index in [9.17, 15) is 4.79 Å². The van der Waals surface area contributed by atoms with Gasteiger partial charge >= 0.3 is 0 Å². The molecule has 0 unspecified atom stereocenters. The van der Waals surface area contributed by atoms with Crippen LogP contribution in [0.15, 0.2) is 28.9 Å². The number of hydrogen-bond donors (Lipinski definition) is 0. The van der Waals surface area contributed by atoms with E-state index in [1.807, 2.05) is 17.0 Å². The van der Waals surface area contributed by atoms with Gasteiger partial charge in [-0.05, 0) is 37.8 Å². The van der Waals surface area contributed by atoms with Crippen molar-refractivity contribution in [3.8, 4) is 11.5 Å². The maximum Gasteiger partial charge on any atom is 0.249 e. The number of piperidine rings is 1. The number of aromatic nitrogens is 3. The van der Waals surface area contributed by atoms with Gasteiger partial charge in [0.05, 0.1) is 11.5 Å². The largest absolute Gasteiger partial charge is 0.420 e. The molecule has 120 valence electrons. The fourth-order valence-electron chi connectivity index (χ4n) is 3.30. The molecule has 1 atom stereocenters. The van der Waals surface area contributed by atoms with E-state index in [1.54, 1.807) is 12.4 Å². The van der Waals surface area contributed by atoms with Crippen LogP contribution in [0, 0.1) is 5.92 Å². The van der Waals surface area contributed by atoms with Crippen LogP contribution in [0.4, 0.5) is 0 Å². The maximum absolute atomic E-state index is 12.4. The highest BCUT2D eigenvalue weighted by Crippen LogP contribution is 2.32. The zero-order valence-electron chi connectivity index (χ0n) is 13.0. The second-order valence-electron chi connectivity index (χ2n) is 6.44. The average Bonchev–Trinajstić information content (AvgIpc) is 3.04. The Bertz CT molecular complexity index is 681. The number of pyridine rings is 1. The first kappa shape index (κ1) is 14.4. The Labute approximate surface area is 134 Å². The highest BCUT2D eigenvalue weighted by Gasteiger charge is 2.34. The number of carbonyl (C=O) groups excluding carboxylic acids is 1. The van der Waals surface area contributed by atoms with Crippen LogP contribution < -0.4 is 0 Å². The molecule has 2 fully saturated rings. The van der Waals surface area contributed by atoms with E-state index >= 15 is 0 Å². The van der Waals surface area contributed by atoms with Gasteiger partial charge in [-0.1, -0.05) is 6.42 Å². The summed E-state index contributed by atoms with van der Waals surface area (Å²) in [6.07, 6.45) is 8.69. The minimum Gasteiger partial charge on any atom is -0.420 e. The van der Waals surface area contributed by atoms with Crippen molar-refractivity contribution in [2.45, 2.75) is 38.0 Å². The van der Waals surface area contributed by atoms with Crippen LogP contribution in [0.25, 0.3) is 11.5 Å². The van der Waals surface area contributed by atoms with E-state index in [0.29, 0.717) is 24.2 Å². The molecule has 1 saturated heterocycles. The van der Waals surface area contributed by atoms with Crippen molar-refractivity contribution in [1.29, 1.82) is 0 Å². The molecule has 1 saturated carbocycles. The zero-order valence-corrected chi connectivity index (χ0v) is 13.0. The fraction of sp³-hybridized carbons (Fsp3) is 0.529. The Morgan fingerprint density at radius 1 is 1.22 bits per heavy atom. The zero-order chi connectivity index (χ0) is 15.6. The van der Waals surface area contributed by atoms with Crippen molar-refractivity contribution in [2.75, 3.05) is 13.1 Å². The lowest BCUT2D eigenvalue weighted by molar-refractivity contribution is -0.139. The minimum atomic E-state index is 0.144. The van der Waals surface area contributed by atoms with E-state index in [0.717, 1.165) is 37.8 Å². The summed E-state index contributed by atoms with van der Waals surface area (Å²) in [6, 6.07) is 3.75. The summed E-state index contributed by atoms with van der Waals surface area (Å²) in [7, 11) is 0. The van der Waals surface area contributed by atoms with Gasteiger partial charge in [0.25, 0.3) is 0 Å². The summed E-state index contributed by atoms with van der Waals surface area (Å²) >= 11 is 0. The van der Waals surface area contributed by atoms with Gasteiger partial charge in [0, 0.05) is 31.4 Å². The SMILES string of the molecule is O=C(C1CCC1)N1CCC[C@H](c2nnc(-c3cccnc3)o2)C1. The summed E-state index contributed by atoms with van der Waals surface area (Å²) in [4.78, 5) is 18.5. The molecular weight excluding hydrogens is 292 g/mol. The van der Waals surface area contributed by atoms with Gasteiger partial charge in [-0.25, -0.2) is 0 Å². The van der Waals surface area contributed by atoms with Gasteiger partial charge < -0.3 is 9.32 Å². The molecule has 0 N–H and O–H groups in total. The van der Waals surface area contributed by atoms with E-state index in [2.05, 4.69) is 15.2 Å². The second kappa shape index (κ2) is 6.10. The first-order chi connectivity index (χ1) is 11.3. The number of nitrogens with zero attached hydrogens (tertiary/aromatic N) is 4. The maximum atomic E-state index is 12.4. The van der Waals surface area contributed by atoms with Crippen LogP contribution in [0.5, 0.6) is 0 Å². The average molecular weight is 312 g/mol. The minimum absolute atomic E-state index is 0.144. The Hall–Kier alpha value is -2.24. The number of hydrogen-bond acceptors (Lipinski definition) is 5. The van der Waals surface area contributed by atoms with Gasteiger partial charge in [0.2, 0.25) is 17.7 Å². The van der Waals surface area contributed by atoms with Gasteiger partial charge in [-0.3, -0.25) is 9.78 Å². The fourth-order valence-corrected chi connectivity index (χ4v) is 3.30. The molecule has 4 rings (SSSR count). The van der Waals surface area contributed by atoms with Crippen molar-refractivity contribution in [3.05, 3.63) is 30.4 Å². The van der Waals surface area contributed by atoms with Crippen molar-refractivity contribution in [3.63, 3.8) is 0 Å². The number of rotatable bonds is 3. The van der Waals surface area contributed by atoms with Gasteiger partial charge in [0.15, 0.2) is 0 Å². The normalized spacial score (nSPS) is 21.9. The number of amides is 1. The molecule has 1 aliphatic carbocycles. The molecule has 1 amide bonds. The summed E-state index contributed by atoms with van der Waals surface area (Å²) in [5, 5.41) is 8.34. The molecule has 2 aromatic rings. The first-order valence-electron chi connectivity index (χ1n) is 8.34. The molecule has 2 aliphatic rings. The van der Waals surface area contributed by atoms with Crippen LogP contribution in [-0.2, 0) is 4.79 Å². The molecule has 6 heteroatoms. The summed E-state index contributed by atoms with van der Waals surface area (Å²) in [5.74, 6) is 1.84. The van der Waals surface area contributed by atoms with E-state index in [-0.39, 0.29) is 11.8 Å². The van der Waals surface area contributed by atoms with E-state index < -0.39 is 0 Å². The monoisotopic (exact) mass is 312 g/mol. The third-order valence-electron chi connectivity index (χ3n) is 4.89. The Balaban J connectivity index is 1.47. The predicted octanol–water partition coefficient (Wildman–Crippen LogP) is 2.64. The van der Waals surface area contributed by atoms with Crippen LogP contribution >= 0.6 is 0 Å². The van der Waals surface area contributed by atoms with Crippen molar-refractivity contribution in [2.24, 2.45) is 5.92 Å². The topological polar surface area (TPSA) is 72.1 Å². The molecule has 1 aliphatic heterocycles. The first-order valence-corrected chi connectivity index (χ1v) is 8.34. The smallest absolute Gasteiger partial charge is 0.249 e. The van der Waals surface area contributed by atoms with E-state index in [4.69, 9.17) is 4.42 Å². The molecule has 3 heterocycles. The Morgan fingerprint density at radius 2 is 2.13 bits per heavy atom. The van der Waals surface area contributed by atoms with Gasteiger partial charge in [-0.2, -0.15) is 0 Å². The Kier molecular flexibility index (Phi) is 3.81. The molecule has 2 aromatic heterocycles.